The van der Waals surface area contributed by atoms with Crippen molar-refractivity contribution in [3.8, 4) is 0 Å². The second kappa shape index (κ2) is 7.31. The number of hydrogen-bond acceptors (Lipinski definition) is 2. The molecule has 0 aliphatic rings. The Labute approximate surface area is 144 Å². The zero-order valence-electron chi connectivity index (χ0n) is 11.6. The first-order chi connectivity index (χ1) is 9.93. The largest absolute Gasteiger partial charge is 0.305 e. The SMILES string of the molecule is CCCNC(c1sc(C)cc1Br)c1c(F)cc(Br)cc1F. The number of rotatable bonds is 5. The molecule has 1 unspecified atom stereocenters. The van der Waals surface area contributed by atoms with Crippen molar-refractivity contribution in [2.75, 3.05) is 6.54 Å². The molecule has 21 heavy (non-hydrogen) atoms. The highest BCUT2D eigenvalue weighted by Gasteiger charge is 2.25. The third-order valence-corrected chi connectivity index (χ3v) is 5.52. The minimum Gasteiger partial charge on any atom is -0.305 e. The third-order valence-electron chi connectivity index (χ3n) is 3.03. The van der Waals surface area contributed by atoms with Crippen LogP contribution in [0.2, 0.25) is 0 Å². The zero-order chi connectivity index (χ0) is 15.6. The maximum atomic E-state index is 14.3. The van der Waals surface area contributed by atoms with E-state index in [4.69, 9.17) is 0 Å². The van der Waals surface area contributed by atoms with Crippen LogP contribution in [0.4, 0.5) is 8.78 Å². The summed E-state index contributed by atoms with van der Waals surface area (Å²) in [5.41, 5.74) is 0.0641. The number of benzene rings is 1. The van der Waals surface area contributed by atoms with Crippen molar-refractivity contribution in [3.05, 3.63) is 54.1 Å². The molecule has 0 aliphatic carbocycles. The topological polar surface area (TPSA) is 12.0 Å². The van der Waals surface area contributed by atoms with Gasteiger partial charge in [-0.2, -0.15) is 0 Å². The van der Waals surface area contributed by atoms with Gasteiger partial charge in [0, 0.05) is 24.3 Å². The number of hydrogen-bond donors (Lipinski definition) is 1. The van der Waals surface area contributed by atoms with Gasteiger partial charge in [0.25, 0.3) is 0 Å². The van der Waals surface area contributed by atoms with Crippen LogP contribution >= 0.6 is 43.2 Å². The van der Waals surface area contributed by atoms with Gasteiger partial charge in [-0.3, -0.25) is 0 Å². The van der Waals surface area contributed by atoms with Crippen LogP contribution in [-0.2, 0) is 0 Å². The molecule has 0 spiro atoms. The molecule has 0 bridgehead atoms. The number of aryl methyl sites for hydroxylation is 1. The van der Waals surface area contributed by atoms with E-state index in [2.05, 4.69) is 37.2 Å². The van der Waals surface area contributed by atoms with Crippen molar-refractivity contribution < 1.29 is 8.78 Å². The summed E-state index contributed by atoms with van der Waals surface area (Å²) in [5, 5.41) is 3.24. The quantitative estimate of drug-likeness (QED) is 0.608. The number of thiophene rings is 1. The summed E-state index contributed by atoms with van der Waals surface area (Å²) in [6, 6.07) is 4.07. The van der Waals surface area contributed by atoms with Gasteiger partial charge in [-0.25, -0.2) is 8.78 Å². The Morgan fingerprint density at radius 2 is 1.81 bits per heavy atom. The van der Waals surface area contributed by atoms with Crippen LogP contribution in [0.25, 0.3) is 0 Å². The van der Waals surface area contributed by atoms with E-state index in [9.17, 15) is 8.78 Å². The minimum absolute atomic E-state index is 0.0641. The van der Waals surface area contributed by atoms with Crippen molar-refractivity contribution in [2.45, 2.75) is 26.3 Å². The van der Waals surface area contributed by atoms with E-state index in [1.54, 1.807) is 0 Å². The standard InChI is InChI=1S/C15H15Br2F2NS/c1-3-4-20-14(15-10(17)5-8(2)21-15)13-11(18)6-9(16)7-12(13)19/h5-7,14,20H,3-4H2,1-2H3. The van der Waals surface area contributed by atoms with Crippen LogP contribution in [0, 0.1) is 18.6 Å². The van der Waals surface area contributed by atoms with Gasteiger partial charge < -0.3 is 5.32 Å². The van der Waals surface area contributed by atoms with E-state index in [1.165, 1.54) is 23.5 Å². The molecule has 6 heteroatoms. The fourth-order valence-corrected chi connectivity index (χ4v) is 4.51. The highest BCUT2D eigenvalue weighted by molar-refractivity contribution is 9.10. The van der Waals surface area contributed by atoms with Crippen LogP contribution in [0.15, 0.2) is 27.1 Å². The molecule has 0 saturated carbocycles. The van der Waals surface area contributed by atoms with Crippen LogP contribution in [-0.4, -0.2) is 6.54 Å². The molecule has 1 aromatic carbocycles. The molecule has 1 nitrogen and oxygen atoms in total. The van der Waals surface area contributed by atoms with Crippen LogP contribution < -0.4 is 5.32 Å². The Balaban J connectivity index is 2.53. The summed E-state index contributed by atoms with van der Waals surface area (Å²) < 4.78 is 29.9. The van der Waals surface area contributed by atoms with E-state index < -0.39 is 17.7 Å². The summed E-state index contributed by atoms with van der Waals surface area (Å²) in [4.78, 5) is 1.99. The van der Waals surface area contributed by atoms with Crippen molar-refractivity contribution in [2.24, 2.45) is 0 Å². The Kier molecular flexibility index (Phi) is 5.94. The molecule has 0 saturated heterocycles. The first-order valence-corrected chi connectivity index (χ1v) is 8.98. The first-order valence-electron chi connectivity index (χ1n) is 6.57. The van der Waals surface area contributed by atoms with E-state index in [0.29, 0.717) is 11.0 Å². The lowest BCUT2D eigenvalue weighted by atomic mass is 10.0. The summed E-state index contributed by atoms with van der Waals surface area (Å²) in [5.74, 6) is -1.10. The second-order valence-electron chi connectivity index (χ2n) is 4.74. The number of nitrogens with one attached hydrogen (secondary N) is 1. The fourth-order valence-electron chi connectivity index (χ4n) is 2.14. The Morgan fingerprint density at radius 1 is 1.19 bits per heavy atom. The van der Waals surface area contributed by atoms with Gasteiger partial charge in [0.2, 0.25) is 0 Å². The highest BCUT2D eigenvalue weighted by Crippen LogP contribution is 2.38. The van der Waals surface area contributed by atoms with Gasteiger partial charge in [0.1, 0.15) is 11.6 Å². The summed E-state index contributed by atoms with van der Waals surface area (Å²) >= 11 is 8.14. The molecule has 1 atom stereocenters. The van der Waals surface area contributed by atoms with E-state index >= 15 is 0 Å². The maximum absolute atomic E-state index is 14.3. The van der Waals surface area contributed by atoms with Crippen molar-refractivity contribution in [1.82, 2.24) is 5.32 Å². The normalized spacial score (nSPS) is 12.7. The maximum Gasteiger partial charge on any atom is 0.132 e. The summed E-state index contributed by atoms with van der Waals surface area (Å²) in [6.45, 7) is 4.68. The predicted molar refractivity (Wildman–Crippen MR) is 91.0 cm³/mol. The molecule has 1 aromatic heterocycles. The Bertz CT molecular complexity index is 620. The second-order valence-corrected chi connectivity index (χ2v) is 7.80. The zero-order valence-corrected chi connectivity index (χ0v) is 15.6. The molecule has 1 heterocycles. The monoisotopic (exact) mass is 437 g/mol. The minimum atomic E-state index is -0.548. The van der Waals surface area contributed by atoms with Gasteiger partial charge in [-0.05, 0) is 54.0 Å². The van der Waals surface area contributed by atoms with E-state index in [-0.39, 0.29) is 5.56 Å². The molecule has 2 aromatic rings. The lowest BCUT2D eigenvalue weighted by molar-refractivity contribution is 0.505. The molecule has 0 fully saturated rings. The highest BCUT2D eigenvalue weighted by atomic mass is 79.9. The lowest BCUT2D eigenvalue weighted by Crippen LogP contribution is -2.24. The average molecular weight is 439 g/mol. The Morgan fingerprint density at radius 3 is 2.29 bits per heavy atom. The van der Waals surface area contributed by atoms with Crippen molar-refractivity contribution in [1.29, 1.82) is 0 Å². The third kappa shape index (κ3) is 3.92. The van der Waals surface area contributed by atoms with E-state index in [0.717, 1.165) is 20.6 Å². The molecular formula is C15H15Br2F2NS. The van der Waals surface area contributed by atoms with E-state index in [1.807, 2.05) is 19.9 Å². The molecule has 0 radical (unpaired) electrons. The van der Waals surface area contributed by atoms with Gasteiger partial charge >= 0.3 is 0 Å². The number of halogens is 4. The molecular weight excluding hydrogens is 424 g/mol. The Hall–Kier alpha value is -0.300. The van der Waals surface area contributed by atoms with Gasteiger partial charge in [0.05, 0.1) is 6.04 Å². The fraction of sp³-hybridized carbons (Fsp3) is 0.333. The average Bonchev–Trinajstić information content (AvgIpc) is 2.71. The lowest BCUT2D eigenvalue weighted by Gasteiger charge is -2.20. The predicted octanol–water partition coefficient (Wildman–Crippen LogP) is 5.95. The molecule has 1 N–H and O–H groups in total. The van der Waals surface area contributed by atoms with Crippen LogP contribution in [0.5, 0.6) is 0 Å². The molecule has 114 valence electrons. The van der Waals surface area contributed by atoms with Crippen LogP contribution in [0.3, 0.4) is 0 Å². The molecule has 0 aliphatic heterocycles. The smallest absolute Gasteiger partial charge is 0.132 e. The van der Waals surface area contributed by atoms with Gasteiger partial charge in [-0.15, -0.1) is 11.3 Å². The van der Waals surface area contributed by atoms with Gasteiger partial charge in [0.15, 0.2) is 0 Å². The van der Waals surface area contributed by atoms with Gasteiger partial charge in [-0.1, -0.05) is 22.9 Å². The van der Waals surface area contributed by atoms with Crippen molar-refractivity contribution in [3.63, 3.8) is 0 Å². The summed E-state index contributed by atoms with van der Waals surface area (Å²) in [6.07, 6.45) is 0.887. The molecule has 0 amide bonds. The van der Waals surface area contributed by atoms with Crippen molar-refractivity contribution >= 4 is 43.2 Å². The van der Waals surface area contributed by atoms with Crippen LogP contribution in [0.1, 0.15) is 34.7 Å². The summed E-state index contributed by atoms with van der Waals surface area (Å²) in [7, 11) is 0. The first kappa shape index (κ1) is 17.1. The molecule has 2 rings (SSSR count).